The number of Topliss-reactive ketones (excluding diaryl/α,β-unsaturated/α-hetero) is 1. The molecule has 1 amide bonds. The lowest BCUT2D eigenvalue weighted by atomic mass is 9.95. The highest BCUT2D eigenvalue weighted by Gasteiger charge is 2.48. The Morgan fingerprint density at radius 2 is 1.82 bits per heavy atom. The fourth-order valence-electron chi connectivity index (χ4n) is 4.19. The second-order valence-electron chi connectivity index (χ2n) is 8.57. The molecule has 1 unspecified atom stereocenters. The van der Waals surface area contributed by atoms with Crippen molar-refractivity contribution in [3.05, 3.63) is 99.0 Å². The first kappa shape index (κ1) is 28.0. The van der Waals surface area contributed by atoms with Crippen LogP contribution in [0.4, 0.5) is 5.13 Å². The minimum Gasteiger partial charge on any atom is -0.507 e. The van der Waals surface area contributed by atoms with Gasteiger partial charge in [0, 0.05) is 21.4 Å². The number of hydrogen-bond acceptors (Lipinski definition) is 9. The molecule has 2 heterocycles. The lowest BCUT2D eigenvalue weighted by Crippen LogP contribution is -2.29. The number of ketones is 1. The average molecular weight is 615 g/mol. The van der Waals surface area contributed by atoms with E-state index in [-0.39, 0.29) is 34.6 Å². The minimum absolute atomic E-state index is 0.102. The quantitative estimate of drug-likeness (QED) is 0.0727. The van der Waals surface area contributed by atoms with Crippen LogP contribution in [0.1, 0.15) is 29.7 Å². The van der Waals surface area contributed by atoms with Crippen molar-refractivity contribution in [2.24, 2.45) is 0 Å². The zero-order valence-corrected chi connectivity index (χ0v) is 24.0. The number of hydrogen-bond donors (Lipinski definition) is 2. The van der Waals surface area contributed by atoms with Gasteiger partial charge in [0.25, 0.3) is 5.78 Å². The minimum atomic E-state index is -1.06. The van der Waals surface area contributed by atoms with E-state index in [1.165, 1.54) is 28.8 Å². The van der Waals surface area contributed by atoms with Crippen molar-refractivity contribution in [3.63, 3.8) is 0 Å². The number of thioether (sulfide) groups is 1. The van der Waals surface area contributed by atoms with Gasteiger partial charge in [0.1, 0.15) is 5.76 Å². The molecule has 0 bridgehead atoms. The Labute approximate surface area is 247 Å². The Kier molecular flexibility index (Phi) is 8.32. The third-order valence-electron chi connectivity index (χ3n) is 6.07. The topological polar surface area (TPSA) is 113 Å². The Hall–Kier alpha value is -3.57. The van der Waals surface area contributed by atoms with Crippen LogP contribution in [0.2, 0.25) is 10.0 Å². The predicted molar refractivity (Wildman–Crippen MR) is 156 cm³/mol. The summed E-state index contributed by atoms with van der Waals surface area (Å²) in [4.78, 5) is 28.1. The van der Waals surface area contributed by atoms with Gasteiger partial charge in [-0.05, 0) is 60.5 Å². The molecule has 12 heteroatoms. The zero-order valence-electron chi connectivity index (χ0n) is 20.9. The number of aliphatic hydroxyl groups excluding tert-OH is 1. The summed E-state index contributed by atoms with van der Waals surface area (Å²) in [6.07, 6.45) is 0. The van der Waals surface area contributed by atoms with Crippen molar-refractivity contribution >= 4 is 68.9 Å². The summed E-state index contributed by atoms with van der Waals surface area (Å²) < 4.78 is 6.11. The molecule has 1 aliphatic heterocycles. The maximum Gasteiger partial charge on any atom is 0.301 e. The molecule has 1 aromatic heterocycles. The fourth-order valence-corrected chi connectivity index (χ4v) is 6.47. The molecule has 1 atom stereocenters. The molecule has 0 aliphatic carbocycles. The number of benzene rings is 3. The summed E-state index contributed by atoms with van der Waals surface area (Å²) >= 11 is 14.8. The largest absolute Gasteiger partial charge is 0.507 e. The second-order valence-corrected chi connectivity index (χ2v) is 11.6. The Morgan fingerprint density at radius 3 is 2.55 bits per heavy atom. The van der Waals surface area contributed by atoms with Crippen molar-refractivity contribution in [1.82, 2.24) is 10.2 Å². The van der Waals surface area contributed by atoms with E-state index in [4.69, 9.17) is 27.9 Å². The Morgan fingerprint density at radius 1 is 1.07 bits per heavy atom. The number of amides is 1. The van der Waals surface area contributed by atoms with Crippen LogP contribution in [0.5, 0.6) is 11.5 Å². The number of aliphatic hydroxyl groups is 1. The lowest BCUT2D eigenvalue weighted by Gasteiger charge is -2.23. The van der Waals surface area contributed by atoms with E-state index in [2.05, 4.69) is 10.2 Å². The first-order valence-electron chi connectivity index (χ1n) is 12.0. The molecule has 2 N–H and O–H groups in total. The summed E-state index contributed by atoms with van der Waals surface area (Å²) in [5.74, 6) is -1.52. The van der Waals surface area contributed by atoms with Gasteiger partial charge in [0.15, 0.2) is 15.8 Å². The smallest absolute Gasteiger partial charge is 0.301 e. The second kappa shape index (κ2) is 11.9. The molecule has 8 nitrogen and oxygen atoms in total. The van der Waals surface area contributed by atoms with E-state index in [1.54, 1.807) is 43.3 Å². The molecule has 0 saturated carbocycles. The zero-order chi connectivity index (χ0) is 28.4. The third kappa shape index (κ3) is 5.53. The van der Waals surface area contributed by atoms with Crippen molar-refractivity contribution in [3.8, 4) is 11.5 Å². The van der Waals surface area contributed by atoms with Crippen LogP contribution in [-0.2, 0) is 15.3 Å². The summed E-state index contributed by atoms with van der Waals surface area (Å²) in [6.45, 7) is 2.05. The number of aromatic nitrogens is 2. The molecule has 0 radical (unpaired) electrons. The van der Waals surface area contributed by atoms with Gasteiger partial charge >= 0.3 is 5.91 Å². The molecule has 1 saturated heterocycles. The highest BCUT2D eigenvalue weighted by Crippen LogP contribution is 2.45. The molecule has 3 aromatic carbocycles. The van der Waals surface area contributed by atoms with Gasteiger partial charge in [-0.15, -0.1) is 10.2 Å². The van der Waals surface area contributed by atoms with Crippen molar-refractivity contribution < 1.29 is 24.5 Å². The number of phenols is 1. The van der Waals surface area contributed by atoms with Crippen LogP contribution < -0.4 is 9.64 Å². The van der Waals surface area contributed by atoms with Crippen LogP contribution in [-0.4, -0.2) is 38.7 Å². The van der Waals surface area contributed by atoms with Gasteiger partial charge < -0.3 is 14.9 Å². The van der Waals surface area contributed by atoms with Crippen LogP contribution in [0, 0.1) is 0 Å². The average Bonchev–Trinajstić information content (AvgIpc) is 3.51. The van der Waals surface area contributed by atoms with Crippen molar-refractivity contribution in [1.29, 1.82) is 0 Å². The number of ether oxygens (including phenoxy) is 1. The monoisotopic (exact) mass is 613 g/mol. The first-order chi connectivity index (χ1) is 19.3. The van der Waals surface area contributed by atoms with Gasteiger partial charge in [0.05, 0.1) is 18.2 Å². The molecule has 40 heavy (non-hydrogen) atoms. The predicted octanol–water partition coefficient (Wildman–Crippen LogP) is 6.87. The SMILES string of the molecule is CCOc1cc(C2/C(=C(/O)c3ccc(Cl)cc3)C(=O)C(=O)N2c2nnc(SCc3ccccc3Cl)s2)ccc1O. The Balaban J connectivity index is 1.58. The van der Waals surface area contributed by atoms with Crippen molar-refractivity contribution in [2.45, 2.75) is 23.1 Å². The van der Waals surface area contributed by atoms with Crippen molar-refractivity contribution in [2.75, 3.05) is 11.5 Å². The molecule has 1 fully saturated rings. The number of anilines is 1. The van der Waals surface area contributed by atoms with Gasteiger partial charge in [0.2, 0.25) is 5.13 Å². The molecular weight excluding hydrogens is 593 g/mol. The van der Waals surface area contributed by atoms with Gasteiger partial charge in [-0.3, -0.25) is 14.5 Å². The number of phenolic OH excluding ortho intramolecular Hbond substituents is 1. The Bertz CT molecular complexity index is 1620. The highest BCUT2D eigenvalue weighted by atomic mass is 35.5. The maximum atomic E-state index is 13.4. The summed E-state index contributed by atoms with van der Waals surface area (Å²) in [5, 5.41) is 31.2. The first-order valence-corrected chi connectivity index (χ1v) is 14.6. The number of halogens is 2. The van der Waals surface area contributed by atoms with E-state index in [0.29, 0.717) is 31.3 Å². The summed E-state index contributed by atoms with van der Waals surface area (Å²) in [7, 11) is 0. The molecule has 204 valence electrons. The molecule has 4 aromatic rings. The van der Waals surface area contributed by atoms with Gasteiger partial charge in [-0.1, -0.05) is 70.6 Å². The van der Waals surface area contributed by atoms with Gasteiger partial charge in [-0.25, -0.2) is 0 Å². The highest BCUT2D eigenvalue weighted by molar-refractivity contribution is 8.00. The lowest BCUT2D eigenvalue weighted by molar-refractivity contribution is -0.132. The third-order valence-corrected chi connectivity index (χ3v) is 8.80. The number of carbonyl (C=O) groups excluding carboxylic acids is 2. The van der Waals surface area contributed by atoms with E-state index < -0.39 is 17.7 Å². The van der Waals surface area contributed by atoms with Crippen LogP contribution in [0.25, 0.3) is 5.76 Å². The number of rotatable bonds is 8. The van der Waals surface area contributed by atoms with Crippen LogP contribution in [0.3, 0.4) is 0 Å². The van der Waals surface area contributed by atoms with Crippen LogP contribution >= 0.6 is 46.3 Å². The van der Waals surface area contributed by atoms with Crippen LogP contribution in [0.15, 0.2) is 76.6 Å². The fraction of sp³-hybridized carbons (Fsp3) is 0.143. The number of aromatic hydroxyl groups is 1. The summed E-state index contributed by atoms with van der Waals surface area (Å²) in [6, 6.07) is 17.1. The van der Waals surface area contributed by atoms with E-state index >= 15 is 0 Å². The number of nitrogens with zero attached hydrogens (tertiary/aromatic N) is 3. The number of carbonyl (C=O) groups is 2. The standard InChI is InChI=1S/C28H21Cl2N3O5S2/c1-2-38-21-13-16(9-12-20(21)34)23-22(24(35)15-7-10-18(29)11-8-15)25(36)26(37)33(23)27-31-32-28(40-27)39-14-17-5-3-4-6-19(17)30/h3-13,23,34-35H,2,14H2,1H3/b24-22-. The maximum absolute atomic E-state index is 13.4. The van der Waals surface area contributed by atoms with E-state index in [9.17, 15) is 19.8 Å². The molecule has 1 aliphatic rings. The normalized spacial score (nSPS) is 16.5. The summed E-state index contributed by atoms with van der Waals surface area (Å²) in [5.41, 5.74) is 1.52. The molecule has 0 spiro atoms. The van der Waals surface area contributed by atoms with E-state index in [1.807, 2.05) is 18.2 Å². The van der Waals surface area contributed by atoms with E-state index in [0.717, 1.165) is 16.9 Å². The molecular formula is C28H21Cl2N3O5S2. The van der Waals surface area contributed by atoms with Gasteiger partial charge in [-0.2, -0.15) is 0 Å². The molecule has 5 rings (SSSR count).